The van der Waals surface area contributed by atoms with Crippen molar-refractivity contribution in [1.82, 2.24) is 9.55 Å². The first-order valence-electron chi connectivity index (χ1n) is 10.2. The molecule has 0 aliphatic carbocycles. The molecule has 0 spiro atoms. The molecule has 1 aromatic rings. The Balaban J connectivity index is 2.61. The Hall–Kier alpha value is -0.281. The summed E-state index contributed by atoms with van der Waals surface area (Å²) in [6.45, 7) is 6.76. The second-order valence-electron chi connectivity index (χ2n) is 7.73. The predicted molar refractivity (Wildman–Crippen MR) is 120 cm³/mol. The molecule has 2 rings (SSSR count). The van der Waals surface area contributed by atoms with E-state index in [4.69, 9.17) is 0 Å². The van der Waals surface area contributed by atoms with Gasteiger partial charge in [-0.15, -0.1) is 0 Å². The number of anilines is 1. The molecule has 1 aliphatic rings. The van der Waals surface area contributed by atoms with E-state index in [9.17, 15) is 8.42 Å². The van der Waals surface area contributed by atoms with Crippen LogP contribution >= 0.6 is 0 Å². The molecule has 1 atom stereocenters. The summed E-state index contributed by atoms with van der Waals surface area (Å²) in [5, 5.41) is 0.883. The van der Waals surface area contributed by atoms with Gasteiger partial charge in [-0.3, -0.25) is 0 Å². The summed E-state index contributed by atoms with van der Waals surface area (Å²) >= 11 is -2.80. The maximum absolute atomic E-state index is 12.5. The van der Waals surface area contributed by atoms with Crippen LogP contribution in [-0.4, -0.2) is 50.4 Å². The maximum atomic E-state index is 12.5. The number of fused-ring (bicyclic) bond motifs is 1. The third-order valence-corrected chi connectivity index (χ3v) is 29.3. The molecule has 0 aromatic carbocycles. The molecular formula is C19H35N3O2S2Sn. The van der Waals surface area contributed by atoms with Gasteiger partial charge in [0.2, 0.25) is 0 Å². The quantitative estimate of drug-likeness (QED) is 0.389. The third kappa shape index (κ3) is 5.01. The molecule has 0 bridgehead atoms. The molecule has 1 aromatic heterocycles. The monoisotopic (exact) mass is 521 g/mol. The second kappa shape index (κ2) is 10.5. The van der Waals surface area contributed by atoms with Crippen LogP contribution in [0, 0.1) is 0 Å². The van der Waals surface area contributed by atoms with E-state index in [0.717, 1.165) is 10.8 Å². The molecule has 2 heterocycles. The molecule has 1 unspecified atom stereocenters. The van der Waals surface area contributed by atoms with Crippen LogP contribution in [0.1, 0.15) is 59.3 Å². The van der Waals surface area contributed by atoms with Gasteiger partial charge in [-0.2, -0.15) is 0 Å². The van der Waals surface area contributed by atoms with Crippen molar-refractivity contribution in [3.05, 3.63) is 9.25 Å². The van der Waals surface area contributed by atoms with Crippen molar-refractivity contribution < 1.29 is 8.42 Å². The van der Waals surface area contributed by atoms with E-state index < -0.39 is 37.1 Å². The number of imidazole rings is 1. The van der Waals surface area contributed by atoms with Gasteiger partial charge in [0.15, 0.2) is 0 Å². The van der Waals surface area contributed by atoms with E-state index in [0.29, 0.717) is 0 Å². The Morgan fingerprint density at radius 3 is 1.96 bits per heavy atom. The Morgan fingerprint density at radius 1 is 1.04 bits per heavy atom. The summed E-state index contributed by atoms with van der Waals surface area (Å²) in [5.41, 5.74) is 0. The fourth-order valence-electron chi connectivity index (χ4n) is 3.96. The number of hydrogen-bond acceptors (Lipinski definition) is 4. The van der Waals surface area contributed by atoms with Crippen LogP contribution in [0.5, 0.6) is 0 Å². The normalized spacial score (nSPS) is 16.3. The summed E-state index contributed by atoms with van der Waals surface area (Å²) < 4.78 is 32.1. The zero-order chi connectivity index (χ0) is 20.0. The molecule has 0 radical (unpaired) electrons. The molecule has 0 N–H and O–H groups in total. The zero-order valence-corrected chi connectivity index (χ0v) is 22.0. The van der Waals surface area contributed by atoms with Crippen LogP contribution in [-0.2, 0) is 18.7 Å². The SMILES string of the molecule is CCC[CH2][Sn]([CH2]CCC)([CH2]CCC)[C]1=Cn2cnc(N(C)C)c2S1=S(=O)=O. The second-order valence-corrected chi connectivity index (χ2v) is 25.5. The number of aromatic nitrogens is 2. The van der Waals surface area contributed by atoms with Gasteiger partial charge in [-0.25, -0.2) is 0 Å². The number of unbranched alkanes of at least 4 members (excludes halogenated alkanes) is 3. The Labute approximate surface area is 172 Å². The van der Waals surface area contributed by atoms with Crippen LogP contribution in [0.3, 0.4) is 0 Å². The Bertz CT molecular complexity index is 783. The van der Waals surface area contributed by atoms with E-state index in [1.165, 1.54) is 54.8 Å². The van der Waals surface area contributed by atoms with Crippen LogP contribution in [0.15, 0.2) is 14.3 Å². The van der Waals surface area contributed by atoms with Gasteiger partial charge in [0, 0.05) is 0 Å². The molecule has 8 heteroatoms. The van der Waals surface area contributed by atoms with Crippen molar-refractivity contribution in [2.45, 2.75) is 77.6 Å². The summed E-state index contributed by atoms with van der Waals surface area (Å²) in [6.07, 6.45) is 11.3. The minimum atomic E-state index is -2.80. The molecule has 154 valence electrons. The van der Waals surface area contributed by atoms with E-state index in [1.54, 1.807) is 6.33 Å². The first kappa shape index (κ1) is 23.0. The Morgan fingerprint density at radius 2 is 1.56 bits per heavy atom. The molecular weight excluding hydrogens is 485 g/mol. The van der Waals surface area contributed by atoms with Gasteiger partial charge in [0.25, 0.3) is 0 Å². The fraction of sp³-hybridized carbons (Fsp3) is 0.737. The zero-order valence-electron chi connectivity index (χ0n) is 17.5. The summed E-state index contributed by atoms with van der Waals surface area (Å²) in [4.78, 5) is 6.42. The van der Waals surface area contributed by atoms with Gasteiger partial charge in [-0.1, -0.05) is 0 Å². The van der Waals surface area contributed by atoms with Gasteiger partial charge < -0.3 is 0 Å². The number of nitrogens with zero attached hydrogens (tertiary/aromatic N) is 3. The van der Waals surface area contributed by atoms with Crippen molar-refractivity contribution >= 4 is 49.1 Å². The van der Waals surface area contributed by atoms with Crippen LogP contribution in [0.2, 0.25) is 13.3 Å². The molecule has 0 fully saturated rings. The average molecular weight is 520 g/mol. The van der Waals surface area contributed by atoms with E-state index >= 15 is 0 Å². The predicted octanol–water partition coefficient (Wildman–Crippen LogP) is 4.92. The van der Waals surface area contributed by atoms with Crippen molar-refractivity contribution in [2.75, 3.05) is 19.0 Å². The van der Waals surface area contributed by atoms with Crippen LogP contribution < -0.4 is 4.90 Å². The standard InChI is InChI=1S/C7H8N3O2S2.3C4H9.Sn/c1-9(2)6-7-10(5-8-6)3-4-13(7)14(11)12;3*1-3-4-2;/h3,5H,1-2H3;3*1,3-4H2,2H3;. The molecule has 0 saturated carbocycles. The van der Waals surface area contributed by atoms with Gasteiger partial charge in [0.1, 0.15) is 0 Å². The number of hydrogen-bond donors (Lipinski definition) is 0. The van der Waals surface area contributed by atoms with E-state index in [2.05, 4.69) is 32.0 Å². The fourth-order valence-corrected chi connectivity index (χ4v) is 33.0. The first-order chi connectivity index (χ1) is 12.9. The van der Waals surface area contributed by atoms with Crippen molar-refractivity contribution in [3.8, 4) is 0 Å². The summed E-state index contributed by atoms with van der Waals surface area (Å²) in [7, 11) is 0.917. The van der Waals surface area contributed by atoms with Crippen molar-refractivity contribution in [3.63, 3.8) is 0 Å². The minimum absolute atomic E-state index is 0.801. The molecule has 0 amide bonds. The van der Waals surface area contributed by atoms with Gasteiger partial charge in [-0.05, 0) is 0 Å². The van der Waals surface area contributed by atoms with Crippen LogP contribution in [0.25, 0.3) is 6.20 Å². The number of rotatable bonds is 11. The van der Waals surface area contributed by atoms with Gasteiger partial charge in [0.05, 0.1) is 0 Å². The average Bonchev–Trinajstić information content (AvgIpc) is 3.20. The molecule has 1 aliphatic heterocycles. The Kier molecular flexibility index (Phi) is 8.93. The summed E-state index contributed by atoms with van der Waals surface area (Å²) in [5.74, 6) is 0.801. The molecule has 0 saturated heterocycles. The first-order valence-corrected chi connectivity index (χ1v) is 20.5. The molecule has 27 heavy (non-hydrogen) atoms. The third-order valence-electron chi connectivity index (χ3n) is 5.47. The van der Waals surface area contributed by atoms with Crippen LogP contribution in [0.4, 0.5) is 5.82 Å². The van der Waals surface area contributed by atoms with Crippen molar-refractivity contribution in [1.29, 1.82) is 0 Å². The van der Waals surface area contributed by atoms with Gasteiger partial charge >= 0.3 is 173 Å². The van der Waals surface area contributed by atoms with E-state index in [1.807, 2.05) is 23.6 Å². The van der Waals surface area contributed by atoms with E-state index in [-0.39, 0.29) is 0 Å². The van der Waals surface area contributed by atoms with Crippen molar-refractivity contribution in [2.24, 2.45) is 0 Å². The topological polar surface area (TPSA) is 55.2 Å². The molecule has 5 nitrogen and oxygen atoms in total. The summed E-state index contributed by atoms with van der Waals surface area (Å²) in [6, 6.07) is 0.